The molecule has 108 valence electrons. The first-order chi connectivity index (χ1) is 10.1. The number of hydrogen-bond acceptors (Lipinski definition) is 2. The normalized spacial score (nSPS) is 16.8. The maximum absolute atomic E-state index is 12.4. The average Bonchev–Trinajstić information content (AvgIpc) is 2.49. The third-order valence-electron chi connectivity index (χ3n) is 3.78. The van der Waals surface area contributed by atoms with Crippen molar-refractivity contribution in [3.05, 3.63) is 58.6 Å². The highest BCUT2D eigenvalue weighted by Crippen LogP contribution is 2.27. The van der Waals surface area contributed by atoms with Crippen molar-refractivity contribution in [2.24, 2.45) is 5.92 Å². The van der Waals surface area contributed by atoms with E-state index in [9.17, 15) is 4.79 Å². The minimum atomic E-state index is -0.0859. The van der Waals surface area contributed by atoms with Gasteiger partial charge < -0.3 is 10.6 Å². The molecule has 3 nitrogen and oxygen atoms in total. The van der Waals surface area contributed by atoms with E-state index < -0.39 is 0 Å². The number of para-hydroxylation sites is 1. The summed E-state index contributed by atoms with van der Waals surface area (Å²) < 4.78 is 0. The summed E-state index contributed by atoms with van der Waals surface area (Å²) in [4.78, 5) is 12.4. The van der Waals surface area contributed by atoms with Crippen LogP contribution in [-0.4, -0.2) is 12.5 Å². The van der Waals surface area contributed by atoms with Crippen LogP contribution in [0.4, 0.5) is 11.4 Å². The van der Waals surface area contributed by atoms with Gasteiger partial charge in [0, 0.05) is 12.2 Å². The summed E-state index contributed by atoms with van der Waals surface area (Å²) in [6, 6.07) is 13.7. The third kappa shape index (κ3) is 3.03. The molecule has 2 aromatic carbocycles. The van der Waals surface area contributed by atoms with Crippen LogP contribution >= 0.6 is 11.6 Å². The first kappa shape index (κ1) is 14.0. The highest BCUT2D eigenvalue weighted by Gasteiger charge is 2.24. The van der Waals surface area contributed by atoms with Crippen LogP contribution in [0.25, 0.3) is 0 Å². The van der Waals surface area contributed by atoms with Crippen molar-refractivity contribution in [3.63, 3.8) is 0 Å². The smallest absolute Gasteiger partial charge is 0.229 e. The Bertz CT molecular complexity index is 684. The summed E-state index contributed by atoms with van der Waals surface area (Å²) in [6.45, 7) is 2.62. The van der Waals surface area contributed by atoms with Gasteiger partial charge in [-0.1, -0.05) is 35.9 Å². The van der Waals surface area contributed by atoms with Crippen LogP contribution < -0.4 is 10.6 Å². The lowest BCUT2D eigenvalue weighted by Crippen LogP contribution is -2.33. The Balaban J connectivity index is 1.72. The van der Waals surface area contributed by atoms with Gasteiger partial charge in [-0.15, -0.1) is 0 Å². The Morgan fingerprint density at radius 2 is 2.10 bits per heavy atom. The van der Waals surface area contributed by atoms with Crippen LogP contribution in [0.2, 0.25) is 5.02 Å². The summed E-state index contributed by atoms with van der Waals surface area (Å²) in [6.07, 6.45) is 0.748. The van der Waals surface area contributed by atoms with Crippen molar-refractivity contribution >= 4 is 28.9 Å². The van der Waals surface area contributed by atoms with Crippen molar-refractivity contribution in [1.82, 2.24) is 0 Å². The summed E-state index contributed by atoms with van der Waals surface area (Å²) in [5, 5.41) is 6.81. The van der Waals surface area contributed by atoms with Gasteiger partial charge in [0.15, 0.2) is 0 Å². The number of amides is 1. The predicted molar refractivity (Wildman–Crippen MR) is 86.9 cm³/mol. The van der Waals surface area contributed by atoms with Gasteiger partial charge >= 0.3 is 0 Å². The van der Waals surface area contributed by atoms with Crippen LogP contribution in [0, 0.1) is 12.8 Å². The number of anilines is 2. The molecule has 0 spiro atoms. The monoisotopic (exact) mass is 300 g/mol. The number of carbonyl (C=O) groups excluding carboxylic acids is 1. The van der Waals surface area contributed by atoms with E-state index >= 15 is 0 Å². The van der Waals surface area contributed by atoms with Gasteiger partial charge in [-0.25, -0.2) is 0 Å². The Hall–Kier alpha value is -2.00. The number of hydrogen-bond donors (Lipinski definition) is 2. The standard InChI is InChI=1S/C17H17ClN2O/c1-11-6-7-16(14(18)8-11)20-17(21)13-9-12-4-2-3-5-15(12)19-10-13/h2-8,13,19H,9-10H2,1H3,(H,20,21). The second-order valence-corrected chi connectivity index (χ2v) is 5.82. The van der Waals surface area contributed by atoms with E-state index in [1.54, 1.807) is 0 Å². The van der Waals surface area contributed by atoms with E-state index in [0.717, 1.165) is 17.7 Å². The van der Waals surface area contributed by atoms with E-state index in [0.29, 0.717) is 17.3 Å². The minimum Gasteiger partial charge on any atom is -0.384 e. The zero-order valence-electron chi connectivity index (χ0n) is 11.8. The van der Waals surface area contributed by atoms with Gasteiger partial charge in [0.05, 0.1) is 16.6 Å². The molecule has 2 aromatic rings. The van der Waals surface area contributed by atoms with Crippen molar-refractivity contribution < 1.29 is 4.79 Å². The summed E-state index contributed by atoms with van der Waals surface area (Å²) in [7, 11) is 0. The average molecular weight is 301 g/mol. The highest BCUT2D eigenvalue weighted by atomic mass is 35.5. The second kappa shape index (κ2) is 5.78. The molecule has 0 aliphatic carbocycles. The molecule has 1 heterocycles. The Morgan fingerprint density at radius 3 is 2.90 bits per heavy atom. The lowest BCUT2D eigenvalue weighted by molar-refractivity contribution is -0.119. The molecular weight excluding hydrogens is 284 g/mol. The van der Waals surface area contributed by atoms with Crippen molar-refractivity contribution in [3.8, 4) is 0 Å². The zero-order chi connectivity index (χ0) is 14.8. The van der Waals surface area contributed by atoms with Crippen LogP contribution in [-0.2, 0) is 11.2 Å². The topological polar surface area (TPSA) is 41.1 Å². The summed E-state index contributed by atoms with van der Waals surface area (Å²) >= 11 is 6.16. The van der Waals surface area contributed by atoms with Crippen LogP contribution in [0.1, 0.15) is 11.1 Å². The number of rotatable bonds is 2. The molecule has 0 radical (unpaired) electrons. The van der Waals surface area contributed by atoms with Crippen LogP contribution in [0.15, 0.2) is 42.5 Å². The molecule has 1 amide bonds. The molecule has 0 fully saturated rings. The lowest BCUT2D eigenvalue weighted by Gasteiger charge is -2.25. The maximum Gasteiger partial charge on any atom is 0.229 e. The van der Waals surface area contributed by atoms with E-state index in [2.05, 4.69) is 16.7 Å². The number of halogens is 1. The largest absolute Gasteiger partial charge is 0.384 e. The Morgan fingerprint density at radius 1 is 1.29 bits per heavy atom. The molecule has 0 saturated carbocycles. The molecule has 1 unspecified atom stereocenters. The van der Waals surface area contributed by atoms with Gasteiger partial charge in [-0.05, 0) is 42.7 Å². The van der Waals surface area contributed by atoms with E-state index in [-0.39, 0.29) is 11.8 Å². The molecule has 2 N–H and O–H groups in total. The van der Waals surface area contributed by atoms with Crippen LogP contribution in [0.3, 0.4) is 0 Å². The molecule has 21 heavy (non-hydrogen) atoms. The highest BCUT2D eigenvalue weighted by molar-refractivity contribution is 6.33. The molecule has 0 bridgehead atoms. The van der Waals surface area contributed by atoms with Gasteiger partial charge in [0.1, 0.15) is 0 Å². The van der Waals surface area contributed by atoms with Crippen molar-refractivity contribution in [2.45, 2.75) is 13.3 Å². The molecule has 0 aromatic heterocycles. The molecule has 3 rings (SSSR count). The first-order valence-corrected chi connectivity index (χ1v) is 7.40. The SMILES string of the molecule is Cc1ccc(NC(=O)C2CNc3ccccc3C2)c(Cl)c1. The number of aryl methyl sites for hydroxylation is 1. The molecular formula is C17H17ClN2O. The molecule has 1 aliphatic rings. The van der Waals surface area contributed by atoms with Crippen LogP contribution in [0.5, 0.6) is 0 Å². The third-order valence-corrected chi connectivity index (χ3v) is 4.09. The van der Waals surface area contributed by atoms with Crippen molar-refractivity contribution in [1.29, 1.82) is 0 Å². The van der Waals surface area contributed by atoms with Gasteiger partial charge in [0.2, 0.25) is 5.91 Å². The van der Waals surface area contributed by atoms with Gasteiger partial charge in [0.25, 0.3) is 0 Å². The summed E-state index contributed by atoms with van der Waals surface area (Å²) in [5.74, 6) is -0.0833. The molecule has 4 heteroatoms. The number of nitrogens with one attached hydrogen (secondary N) is 2. The van der Waals surface area contributed by atoms with Gasteiger partial charge in [-0.2, -0.15) is 0 Å². The van der Waals surface area contributed by atoms with E-state index in [4.69, 9.17) is 11.6 Å². The molecule has 1 aliphatic heterocycles. The Labute approximate surface area is 129 Å². The minimum absolute atomic E-state index is 0.00255. The predicted octanol–water partition coefficient (Wildman–Crippen LogP) is 3.87. The second-order valence-electron chi connectivity index (χ2n) is 5.41. The lowest BCUT2D eigenvalue weighted by atomic mass is 9.93. The summed E-state index contributed by atoms with van der Waals surface area (Å²) in [5.41, 5.74) is 4.05. The fourth-order valence-electron chi connectivity index (χ4n) is 2.58. The van der Waals surface area contributed by atoms with Gasteiger partial charge in [-0.3, -0.25) is 4.79 Å². The number of carbonyl (C=O) groups is 1. The van der Waals surface area contributed by atoms with Crippen molar-refractivity contribution in [2.75, 3.05) is 17.2 Å². The quantitative estimate of drug-likeness (QED) is 0.884. The zero-order valence-corrected chi connectivity index (χ0v) is 12.6. The Kier molecular flexibility index (Phi) is 3.84. The number of benzene rings is 2. The fourth-order valence-corrected chi connectivity index (χ4v) is 2.87. The number of fused-ring (bicyclic) bond motifs is 1. The van der Waals surface area contributed by atoms with E-state index in [1.807, 2.05) is 43.3 Å². The first-order valence-electron chi connectivity index (χ1n) is 7.02. The molecule has 0 saturated heterocycles. The molecule has 1 atom stereocenters. The van der Waals surface area contributed by atoms with E-state index in [1.165, 1.54) is 5.56 Å². The maximum atomic E-state index is 12.4. The fraction of sp³-hybridized carbons (Fsp3) is 0.235.